The summed E-state index contributed by atoms with van der Waals surface area (Å²) in [5, 5.41) is 7.35. The van der Waals surface area contributed by atoms with Crippen LogP contribution in [0.2, 0.25) is 5.02 Å². The highest BCUT2D eigenvalue weighted by molar-refractivity contribution is 6.30. The first-order chi connectivity index (χ1) is 11.6. The topological polar surface area (TPSA) is 76.5 Å². The van der Waals surface area contributed by atoms with E-state index in [1.54, 1.807) is 46.2 Å². The normalized spacial score (nSPS) is 13.9. The maximum absolute atomic E-state index is 12.1. The molecule has 3 rings (SSSR count). The summed E-state index contributed by atoms with van der Waals surface area (Å²) < 4.78 is 7.03. The van der Waals surface area contributed by atoms with Gasteiger partial charge in [-0.3, -0.25) is 14.3 Å². The number of aromatic nitrogens is 2. The number of fused-ring (bicyclic) bond motifs is 1. The lowest BCUT2D eigenvalue weighted by Crippen LogP contribution is -2.40. The van der Waals surface area contributed by atoms with E-state index in [2.05, 4.69) is 10.4 Å². The molecule has 0 saturated heterocycles. The zero-order chi connectivity index (χ0) is 16.9. The number of hydrogen-bond donors (Lipinski definition) is 1. The van der Waals surface area contributed by atoms with Crippen LogP contribution < -0.4 is 10.1 Å². The van der Waals surface area contributed by atoms with Crippen molar-refractivity contribution in [2.24, 2.45) is 0 Å². The number of halogens is 1. The molecule has 0 unspecified atom stereocenters. The van der Waals surface area contributed by atoms with Gasteiger partial charge in [0.25, 0.3) is 5.91 Å². The first-order valence-corrected chi connectivity index (χ1v) is 7.93. The second-order valence-corrected chi connectivity index (χ2v) is 5.85. The molecule has 0 aliphatic carbocycles. The summed E-state index contributed by atoms with van der Waals surface area (Å²) in [7, 11) is 0. The number of carbonyl (C=O) groups excluding carboxylic acids is 2. The number of ether oxygens (including phenoxy) is 1. The monoisotopic (exact) mass is 348 g/mol. The molecule has 7 nitrogen and oxygen atoms in total. The van der Waals surface area contributed by atoms with Crippen molar-refractivity contribution in [1.82, 2.24) is 20.0 Å². The summed E-state index contributed by atoms with van der Waals surface area (Å²) in [4.78, 5) is 25.6. The maximum atomic E-state index is 12.1. The predicted molar refractivity (Wildman–Crippen MR) is 87.6 cm³/mol. The van der Waals surface area contributed by atoms with E-state index in [1.165, 1.54) is 0 Å². The van der Waals surface area contributed by atoms with E-state index in [-0.39, 0.29) is 25.0 Å². The molecule has 2 aromatic rings. The Bertz CT molecular complexity index is 733. The molecule has 1 aromatic heterocycles. The SMILES string of the molecule is O=C(Cn1cccn1)NCCN1Cc2cc(Cl)ccc2OCC1=O. The Hall–Kier alpha value is -2.54. The van der Waals surface area contributed by atoms with Gasteiger partial charge >= 0.3 is 0 Å². The smallest absolute Gasteiger partial charge is 0.260 e. The predicted octanol–water partition coefficient (Wildman–Crippen LogP) is 1.07. The molecule has 1 aromatic carbocycles. The van der Waals surface area contributed by atoms with E-state index in [4.69, 9.17) is 16.3 Å². The van der Waals surface area contributed by atoms with Gasteiger partial charge in [0.2, 0.25) is 5.91 Å². The zero-order valence-corrected chi connectivity index (χ0v) is 13.7. The molecule has 0 fully saturated rings. The van der Waals surface area contributed by atoms with Gasteiger partial charge in [0.05, 0.1) is 0 Å². The van der Waals surface area contributed by atoms with Crippen molar-refractivity contribution in [2.45, 2.75) is 13.1 Å². The van der Waals surface area contributed by atoms with E-state index in [1.807, 2.05) is 0 Å². The number of carbonyl (C=O) groups is 2. The largest absolute Gasteiger partial charge is 0.483 e. The highest BCUT2D eigenvalue weighted by Gasteiger charge is 2.21. The molecule has 1 N–H and O–H groups in total. The van der Waals surface area contributed by atoms with Crippen molar-refractivity contribution in [1.29, 1.82) is 0 Å². The van der Waals surface area contributed by atoms with Crippen molar-refractivity contribution < 1.29 is 14.3 Å². The van der Waals surface area contributed by atoms with Gasteiger partial charge in [0, 0.05) is 42.6 Å². The molecule has 1 aliphatic rings. The van der Waals surface area contributed by atoms with Crippen LogP contribution >= 0.6 is 11.6 Å². The Labute approximate surface area is 144 Å². The van der Waals surface area contributed by atoms with Gasteiger partial charge < -0.3 is 15.0 Å². The van der Waals surface area contributed by atoms with E-state index in [9.17, 15) is 9.59 Å². The summed E-state index contributed by atoms with van der Waals surface area (Å²) in [5.41, 5.74) is 0.858. The Morgan fingerprint density at radius 3 is 3.08 bits per heavy atom. The van der Waals surface area contributed by atoms with Gasteiger partial charge in [-0.05, 0) is 24.3 Å². The average Bonchev–Trinajstić information content (AvgIpc) is 3.00. The molecule has 0 bridgehead atoms. The molecule has 0 atom stereocenters. The number of nitrogens with one attached hydrogen (secondary N) is 1. The van der Waals surface area contributed by atoms with E-state index < -0.39 is 0 Å². The van der Waals surface area contributed by atoms with Gasteiger partial charge in [-0.1, -0.05) is 11.6 Å². The summed E-state index contributed by atoms with van der Waals surface area (Å²) in [6.45, 7) is 1.31. The molecule has 0 saturated carbocycles. The number of amides is 2. The number of rotatable bonds is 5. The van der Waals surface area contributed by atoms with Crippen LogP contribution in [0.4, 0.5) is 0 Å². The first-order valence-electron chi connectivity index (χ1n) is 7.55. The third-order valence-electron chi connectivity index (χ3n) is 3.66. The molecule has 24 heavy (non-hydrogen) atoms. The fourth-order valence-corrected chi connectivity index (χ4v) is 2.66. The molecule has 0 radical (unpaired) electrons. The van der Waals surface area contributed by atoms with Crippen LogP contribution in [0, 0.1) is 0 Å². The average molecular weight is 349 g/mol. The lowest BCUT2D eigenvalue weighted by molar-refractivity contribution is -0.133. The second-order valence-electron chi connectivity index (χ2n) is 5.41. The minimum absolute atomic E-state index is 0.0180. The lowest BCUT2D eigenvalue weighted by Gasteiger charge is -2.20. The van der Waals surface area contributed by atoms with Gasteiger partial charge in [-0.15, -0.1) is 0 Å². The highest BCUT2D eigenvalue weighted by Crippen LogP contribution is 2.26. The van der Waals surface area contributed by atoms with E-state index in [0.717, 1.165) is 5.56 Å². The summed E-state index contributed by atoms with van der Waals surface area (Å²) in [6.07, 6.45) is 3.33. The summed E-state index contributed by atoms with van der Waals surface area (Å²) in [5.74, 6) is 0.391. The fourth-order valence-electron chi connectivity index (χ4n) is 2.47. The van der Waals surface area contributed by atoms with Gasteiger partial charge in [-0.25, -0.2) is 0 Å². The third-order valence-corrected chi connectivity index (χ3v) is 3.89. The van der Waals surface area contributed by atoms with Crippen LogP contribution in [-0.2, 0) is 22.7 Å². The van der Waals surface area contributed by atoms with E-state index >= 15 is 0 Å². The van der Waals surface area contributed by atoms with Crippen molar-refractivity contribution in [2.75, 3.05) is 19.7 Å². The van der Waals surface area contributed by atoms with Gasteiger partial charge in [-0.2, -0.15) is 5.10 Å². The Balaban J connectivity index is 1.54. The van der Waals surface area contributed by atoms with Gasteiger partial charge in [0.15, 0.2) is 6.61 Å². The minimum Gasteiger partial charge on any atom is -0.483 e. The summed E-state index contributed by atoms with van der Waals surface area (Å²) in [6, 6.07) is 7.04. The van der Waals surface area contributed by atoms with Crippen molar-refractivity contribution in [3.05, 3.63) is 47.2 Å². The molecule has 8 heteroatoms. The van der Waals surface area contributed by atoms with Gasteiger partial charge in [0.1, 0.15) is 12.3 Å². The van der Waals surface area contributed by atoms with Crippen LogP contribution in [0.1, 0.15) is 5.56 Å². The van der Waals surface area contributed by atoms with E-state index in [0.29, 0.717) is 30.4 Å². The first kappa shape index (κ1) is 16.3. The van der Waals surface area contributed by atoms with Crippen molar-refractivity contribution in [3.8, 4) is 5.75 Å². The van der Waals surface area contributed by atoms with Crippen LogP contribution in [-0.4, -0.2) is 46.2 Å². The Morgan fingerprint density at radius 1 is 1.42 bits per heavy atom. The Kier molecular flexibility index (Phi) is 5.00. The fraction of sp³-hybridized carbons (Fsp3) is 0.312. The number of hydrogen-bond acceptors (Lipinski definition) is 4. The minimum atomic E-state index is -0.152. The lowest BCUT2D eigenvalue weighted by atomic mass is 10.2. The molecule has 2 amide bonds. The standard InChI is InChI=1S/C16H17ClN4O3/c17-13-2-3-14-12(8-13)9-20(16(23)11-24-14)7-5-18-15(22)10-21-6-1-4-19-21/h1-4,6,8H,5,7,9-11H2,(H,18,22). The maximum Gasteiger partial charge on any atom is 0.260 e. The molecule has 0 spiro atoms. The highest BCUT2D eigenvalue weighted by atomic mass is 35.5. The van der Waals surface area contributed by atoms with Crippen molar-refractivity contribution in [3.63, 3.8) is 0 Å². The number of nitrogens with zero attached hydrogens (tertiary/aromatic N) is 3. The second kappa shape index (κ2) is 7.35. The molecule has 2 heterocycles. The summed E-state index contributed by atoms with van der Waals surface area (Å²) >= 11 is 6.00. The quantitative estimate of drug-likeness (QED) is 0.877. The molecule has 126 valence electrons. The van der Waals surface area contributed by atoms with Crippen molar-refractivity contribution >= 4 is 23.4 Å². The van der Waals surface area contributed by atoms with Crippen LogP contribution in [0.3, 0.4) is 0 Å². The van der Waals surface area contributed by atoms with Crippen LogP contribution in [0.25, 0.3) is 0 Å². The molecular formula is C16H17ClN4O3. The number of benzene rings is 1. The van der Waals surface area contributed by atoms with Crippen LogP contribution in [0.15, 0.2) is 36.7 Å². The van der Waals surface area contributed by atoms with Crippen LogP contribution in [0.5, 0.6) is 5.75 Å². The third kappa shape index (κ3) is 4.05. The zero-order valence-electron chi connectivity index (χ0n) is 12.9. The molecule has 1 aliphatic heterocycles. The Morgan fingerprint density at radius 2 is 2.29 bits per heavy atom. The molecular weight excluding hydrogens is 332 g/mol.